The summed E-state index contributed by atoms with van der Waals surface area (Å²) in [5.41, 5.74) is 1.44. The van der Waals surface area contributed by atoms with Crippen molar-refractivity contribution in [1.29, 1.82) is 0 Å². The highest BCUT2D eigenvalue weighted by Gasteiger charge is 2.28. The fourth-order valence-corrected chi connectivity index (χ4v) is 3.01. The van der Waals surface area contributed by atoms with Crippen molar-refractivity contribution >= 4 is 5.91 Å². The zero-order valence-corrected chi connectivity index (χ0v) is 15.1. The van der Waals surface area contributed by atoms with Gasteiger partial charge in [0.05, 0.1) is 0 Å². The molecule has 2 atom stereocenters. The predicted molar refractivity (Wildman–Crippen MR) is 96.3 cm³/mol. The first-order valence-electron chi connectivity index (χ1n) is 8.90. The summed E-state index contributed by atoms with van der Waals surface area (Å²) in [6.07, 6.45) is 2.31. The molecule has 23 heavy (non-hydrogen) atoms. The number of hydrogen-bond donors (Lipinski definition) is 1. The molecule has 0 spiro atoms. The first-order valence-corrected chi connectivity index (χ1v) is 8.90. The molecular formula is C20H32N2O. The van der Waals surface area contributed by atoms with Gasteiger partial charge in [0, 0.05) is 25.6 Å². The third-order valence-corrected chi connectivity index (χ3v) is 5.19. The molecule has 3 nitrogen and oxygen atoms in total. The Labute approximate surface area is 141 Å². The van der Waals surface area contributed by atoms with Crippen molar-refractivity contribution in [3.05, 3.63) is 35.9 Å². The van der Waals surface area contributed by atoms with Crippen LogP contribution in [0.2, 0.25) is 0 Å². The summed E-state index contributed by atoms with van der Waals surface area (Å²) >= 11 is 0. The van der Waals surface area contributed by atoms with E-state index in [1.54, 1.807) is 0 Å². The van der Waals surface area contributed by atoms with Crippen LogP contribution in [0.3, 0.4) is 0 Å². The van der Waals surface area contributed by atoms with Gasteiger partial charge in [-0.1, -0.05) is 58.0 Å². The van der Waals surface area contributed by atoms with Crippen molar-refractivity contribution in [1.82, 2.24) is 10.2 Å². The fourth-order valence-electron chi connectivity index (χ4n) is 3.01. The van der Waals surface area contributed by atoms with Gasteiger partial charge in [0.15, 0.2) is 0 Å². The van der Waals surface area contributed by atoms with E-state index in [-0.39, 0.29) is 17.2 Å². The fraction of sp³-hybridized carbons (Fsp3) is 0.650. The van der Waals surface area contributed by atoms with Crippen molar-refractivity contribution in [3.8, 4) is 0 Å². The maximum absolute atomic E-state index is 12.2. The smallest absolute Gasteiger partial charge is 0.223 e. The van der Waals surface area contributed by atoms with Gasteiger partial charge in [-0.3, -0.25) is 4.79 Å². The zero-order valence-electron chi connectivity index (χ0n) is 15.1. The highest BCUT2D eigenvalue weighted by atomic mass is 16.1. The molecule has 128 valence electrons. The Morgan fingerprint density at radius 3 is 2.65 bits per heavy atom. The SMILES string of the molecule is CC(C(=O)NCC1CCN(CCc2ccccc2)C1)C(C)(C)C. The second-order valence-corrected chi connectivity index (χ2v) is 8.02. The Balaban J connectivity index is 1.68. The van der Waals surface area contributed by atoms with Gasteiger partial charge in [0.2, 0.25) is 5.91 Å². The average Bonchev–Trinajstić information content (AvgIpc) is 2.98. The zero-order chi connectivity index (χ0) is 16.9. The van der Waals surface area contributed by atoms with E-state index in [2.05, 4.69) is 61.3 Å². The highest BCUT2D eigenvalue weighted by molar-refractivity contribution is 5.78. The van der Waals surface area contributed by atoms with Crippen molar-refractivity contribution in [3.63, 3.8) is 0 Å². The van der Waals surface area contributed by atoms with Gasteiger partial charge >= 0.3 is 0 Å². The number of nitrogens with zero attached hydrogens (tertiary/aromatic N) is 1. The van der Waals surface area contributed by atoms with Crippen LogP contribution in [0.25, 0.3) is 0 Å². The molecule has 0 aromatic heterocycles. The molecule has 0 radical (unpaired) electrons. The molecule has 2 unspecified atom stereocenters. The molecule has 1 aliphatic heterocycles. The third kappa shape index (κ3) is 5.65. The maximum atomic E-state index is 12.2. The van der Waals surface area contributed by atoms with Crippen LogP contribution < -0.4 is 5.32 Å². The summed E-state index contributed by atoms with van der Waals surface area (Å²) in [5, 5.41) is 3.16. The largest absolute Gasteiger partial charge is 0.356 e. The second kappa shape index (κ2) is 7.96. The van der Waals surface area contributed by atoms with Gasteiger partial charge in [-0.15, -0.1) is 0 Å². The lowest BCUT2D eigenvalue weighted by Gasteiger charge is -2.26. The quantitative estimate of drug-likeness (QED) is 0.873. The molecule has 0 aliphatic carbocycles. The van der Waals surface area contributed by atoms with E-state index in [1.165, 1.54) is 12.0 Å². The Kier molecular flexibility index (Phi) is 6.23. The highest BCUT2D eigenvalue weighted by Crippen LogP contribution is 2.25. The van der Waals surface area contributed by atoms with E-state index < -0.39 is 0 Å². The van der Waals surface area contributed by atoms with E-state index in [0.717, 1.165) is 32.6 Å². The maximum Gasteiger partial charge on any atom is 0.223 e. The van der Waals surface area contributed by atoms with Gasteiger partial charge in [0.25, 0.3) is 0 Å². The van der Waals surface area contributed by atoms with E-state index in [0.29, 0.717) is 5.92 Å². The standard InChI is InChI=1S/C20H32N2O/c1-16(20(2,3)4)19(23)21-14-18-11-13-22(15-18)12-10-17-8-6-5-7-9-17/h5-9,16,18H,10-15H2,1-4H3,(H,21,23). The van der Waals surface area contributed by atoms with Crippen LogP contribution in [-0.4, -0.2) is 37.0 Å². The minimum Gasteiger partial charge on any atom is -0.356 e. The minimum atomic E-state index is 0.0292. The molecule has 1 N–H and O–H groups in total. The van der Waals surface area contributed by atoms with Crippen LogP contribution in [0.4, 0.5) is 0 Å². The van der Waals surface area contributed by atoms with Gasteiger partial charge in [0.1, 0.15) is 0 Å². The molecule has 0 saturated carbocycles. The number of amides is 1. The molecular weight excluding hydrogens is 284 g/mol. The van der Waals surface area contributed by atoms with Crippen LogP contribution in [0.5, 0.6) is 0 Å². The Morgan fingerprint density at radius 1 is 1.30 bits per heavy atom. The number of likely N-dealkylation sites (tertiary alicyclic amines) is 1. The average molecular weight is 316 g/mol. The molecule has 3 heteroatoms. The first-order chi connectivity index (χ1) is 10.9. The topological polar surface area (TPSA) is 32.3 Å². The second-order valence-electron chi connectivity index (χ2n) is 8.02. The summed E-state index contributed by atoms with van der Waals surface area (Å²) in [4.78, 5) is 14.7. The summed E-state index contributed by atoms with van der Waals surface area (Å²) in [6.45, 7) is 12.6. The molecule has 1 amide bonds. The predicted octanol–water partition coefficient (Wildman–Crippen LogP) is 3.35. The third-order valence-electron chi connectivity index (χ3n) is 5.19. The van der Waals surface area contributed by atoms with Gasteiger partial charge < -0.3 is 10.2 Å². The summed E-state index contributed by atoms with van der Waals surface area (Å²) < 4.78 is 0. The lowest BCUT2D eigenvalue weighted by Crippen LogP contribution is -2.39. The van der Waals surface area contributed by atoms with Crippen LogP contribution in [0.1, 0.15) is 39.7 Å². The van der Waals surface area contributed by atoms with E-state index >= 15 is 0 Å². The molecule has 0 bridgehead atoms. The Bertz CT molecular complexity index is 492. The van der Waals surface area contributed by atoms with E-state index in [9.17, 15) is 4.79 Å². The van der Waals surface area contributed by atoms with Crippen molar-refractivity contribution in [2.75, 3.05) is 26.2 Å². The molecule has 2 rings (SSSR count). The minimum absolute atomic E-state index is 0.0292. The van der Waals surface area contributed by atoms with Gasteiger partial charge in [-0.05, 0) is 36.3 Å². The van der Waals surface area contributed by atoms with Crippen molar-refractivity contribution < 1.29 is 4.79 Å². The Hall–Kier alpha value is -1.35. The number of carbonyl (C=O) groups excluding carboxylic acids is 1. The normalized spacial score (nSPS) is 20.4. The van der Waals surface area contributed by atoms with Crippen LogP contribution in [0, 0.1) is 17.3 Å². The molecule has 1 fully saturated rings. The summed E-state index contributed by atoms with van der Waals surface area (Å²) in [6, 6.07) is 10.7. The van der Waals surface area contributed by atoms with Crippen LogP contribution in [-0.2, 0) is 11.2 Å². The van der Waals surface area contributed by atoms with Gasteiger partial charge in [-0.2, -0.15) is 0 Å². The van der Waals surface area contributed by atoms with Crippen LogP contribution in [0.15, 0.2) is 30.3 Å². The van der Waals surface area contributed by atoms with E-state index in [1.807, 2.05) is 6.92 Å². The van der Waals surface area contributed by atoms with Crippen molar-refractivity contribution in [2.24, 2.45) is 17.3 Å². The van der Waals surface area contributed by atoms with E-state index in [4.69, 9.17) is 0 Å². The number of hydrogen-bond acceptors (Lipinski definition) is 2. The molecule has 1 saturated heterocycles. The Morgan fingerprint density at radius 2 is 2.00 bits per heavy atom. The number of rotatable bonds is 6. The molecule has 1 aromatic rings. The van der Waals surface area contributed by atoms with Crippen LogP contribution >= 0.6 is 0 Å². The molecule has 1 aliphatic rings. The summed E-state index contributed by atoms with van der Waals surface area (Å²) in [7, 11) is 0. The lowest BCUT2D eigenvalue weighted by molar-refractivity contribution is -0.127. The molecule has 1 heterocycles. The van der Waals surface area contributed by atoms with Crippen molar-refractivity contribution in [2.45, 2.75) is 40.5 Å². The first kappa shape index (κ1) is 18.0. The number of nitrogens with one attached hydrogen (secondary N) is 1. The number of carbonyl (C=O) groups is 1. The lowest BCUT2D eigenvalue weighted by atomic mass is 9.81. The monoisotopic (exact) mass is 316 g/mol. The molecule has 1 aromatic carbocycles. The number of benzene rings is 1. The van der Waals surface area contributed by atoms with Gasteiger partial charge in [-0.25, -0.2) is 0 Å². The summed E-state index contributed by atoms with van der Waals surface area (Å²) in [5.74, 6) is 0.847.